The largest absolute Gasteiger partial charge is 0.448 e. The standard InChI is InChI=1S/C55H50N6O6S3/c1-54(2,3)67-53(65)57-45(37-22-10-4-11-23-37)49(62)56-46-50(63)61-47(52(64)66-48(38-24-12-5-13-25-38)39-26-14-6-15-27-39)43(35-68-51(46)61)69-36-70-44-34-60(59-58-44)55(40-28-16-7-17-29-40,41-30-18-8-19-31-41)42-32-20-9-21-33-42/h4-34,45-46,48,51H,35-36H2,1-3H3,(H,56,62)(H,57,65)/t45?,46-,51-/m1/s1. The number of nitrogens with one attached hydrogen (secondary N) is 2. The number of carbonyl (C=O) groups excluding carboxylic acids is 4. The Hall–Kier alpha value is -7.07. The third kappa shape index (κ3) is 10.3. The van der Waals surface area contributed by atoms with Gasteiger partial charge >= 0.3 is 12.1 Å². The van der Waals surface area contributed by atoms with Crippen molar-refractivity contribution >= 4 is 59.2 Å². The maximum absolute atomic E-state index is 14.8. The molecule has 3 atom stereocenters. The average molecular weight is 987 g/mol. The van der Waals surface area contributed by atoms with Crippen LogP contribution in [0.2, 0.25) is 0 Å². The van der Waals surface area contributed by atoms with Crippen molar-refractivity contribution in [1.82, 2.24) is 30.5 Å². The Morgan fingerprint density at radius 2 is 1.19 bits per heavy atom. The molecule has 1 saturated heterocycles. The molecule has 2 aliphatic rings. The minimum atomic E-state index is -1.16. The van der Waals surface area contributed by atoms with Gasteiger partial charge in [-0.2, -0.15) is 0 Å². The van der Waals surface area contributed by atoms with Gasteiger partial charge in [-0.1, -0.05) is 199 Å². The van der Waals surface area contributed by atoms with Gasteiger partial charge in [0.2, 0.25) is 5.91 Å². The van der Waals surface area contributed by atoms with Gasteiger partial charge in [0, 0.05) is 10.7 Å². The third-order valence-electron chi connectivity index (χ3n) is 11.7. The predicted octanol–water partition coefficient (Wildman–Crippen LogP) is 10.1. The first-order valence-electron chi connectivity index (χ1n) is 22.7. The van der Waals surface area contributed by atoms with Crippen molar-refractivity contribution in [2.24, 2.45) is 0 Å². The Labute approximate surface area is 419 Å². The fraction of sp³-hybridized carbons (Fsp3) is 0.200. The molecule has 15 heteroatoms. The highest BCUT2D eigenvalue weighted by atomic mass is 32.2. The summed E-state index contributed by atoms with van der Waals surface area (Å²) < 4.78 is 13.8. The van der Waals surface area contributed by atoms with Crippen LogP contribution in [0.15, 0.2) is 204 Å². The summed E-state index contributed by atoms with van der Waals surface area (Å²) in [5, 5.41) is 15.5. The Kier molecular flexibility index (Phi) is 14.6. The van der Waals surface area contributed by atoms with Gasteiger partial charge in [0.1, 0.15) is 39.3 Å². The number of ether oxygens (including phenoxy) is 2. The number of benzene rings is 6. The van der Waals surface area contributed by atoms with Crippen LogP contribution in [0.25, 0.3) is 0 Å². The molecule has 0 spiro atoms. The molecule has 0 radical (unpaired) electrons. The van der Waals surface area contributed by atoms with E-state index in [4.69, 9.17) is 14.7 Å². The van der Waals surface area contributed by atoms with Crippen LogP contribution in [0.1, 0.15) is 66.3 Å². The lowest BCUT2D eigenvalue weighted by Gasteiger charge is -2.50. The van der Waals surface area contributed by atoms with Crippen molar-refractivity contribution in [1.29, 1.82) is 0 Å². The van der Waals surface area contributed by atoms with E-state index in [1.165, 1.54) is 40.2 Å². The van der Waals surface area contributed by atoms with E-state index in [9.17, 15) is 19.2 Å². The summed E-state index contributed by atoms with van der Waals surface area (Å²) in [6.07, 6.45) is 0.391. The number of β-lactam (4-membered cyclic amide) rings is 1. The summed E-state index contributed by atoms with van der Waals surface area (Å²) in [6, 6.07) is 56.2. The van der Waals surface area contributed by atoms with Crippen LogP contribution < -0.4 is 10.6 Å². The Morgan fingerprint density at radius 1 is 0.700 bits per heavy atom. The summed E-state index contributed by atoms with van der Waals surface area (Å²) in [7, 11) is 0. The maximum atomic E-state index is 14.8. The summed E-state index contributed by atoms with van der Waals surface area (Å²) in [5.74, 6) is -1.41. The first-order valence-corrected chi connectivity index (χ1v) is 25.7. The van der Waals surface area contributed by atoms with E-state index >= 15 is 0 Å². The number of carbonyl (C=O) groups is 4. The highest BCUT2D eigenvalue weighted by molar-refractivity contribution is 8.18. The molecule has 354 valence electrons. The number of nitrogens with zero attached hydrogens (tertiary/aromatic N) is 4. The molecular formula is C55H50N6O6S3. The van der Waals surface area contributed by atoms with Gasteiger partial charge in [-0.15, -0.1) is 28.6 Å². The Morgan fingerprint density at radius 3 is 1.69 bits per heavy atom. The van der Waals surface area contributed by atoms with E-state index in [2.05, 4.69) is 52.1 Å². The fourth-order valence-corrected chi connectivity index (χ4v) is 12.2. The number of amides is 3. The Balaban J connectivity index is 1.01. The van der Waals surface area contributed by atoms with Gasteiger partial charge in [-0.3, -0.25) is 14.5 Å². The zero-order valence-electron chi connectivity index (χ0n) is 38.6. The van der Waals surface area contributed by atoms with Gasteiger partial charge in [-0.25, -0.2) is 14.3 Å². The zero-order chi connectivity index (χ0) is 48.7. The molecule has 3 amide bonds. The van der Waals surface area contributed by atoms with Crippen molar-refractivity contribution in [2.45, 2.75) is 60.5 Å². The molecule has 9 rings (SSSR count). The molecule has 0 saturated carbocycles. The first kappa shape index (κ1) is 48.0. The molecule has 1 unspecified atom stereocenters. The normalized spacial score (nSPS) is 16.2. The lowest BCUT2D eigenvalue weighted by atomic mass is 9.77. The zero-order valence-corrected chi connectivity index (χ0v) is 41.0. The van der Waals surface area contributed by atoms with Crippen LogP contribution in [0.5, 0.6) is 0 Å². The highest BCUT2D eigenvalue weighted by Crippen LogP contribution is 2.46. The molecular weight excluding hydrogens is 937 g/mol. The molecule has 1 aromatic heterocycles. The smallest absolute Gasteiger partial charge is 0.408 e. The highest BCUT2D eigenvalue weighted by Gasteiger charge is 2.55. The van der Waals surface area contributed by atoms with Crippen LogP contribution in [0.4, 0.5) is 4.79 Å². The first-order chi connectivity index (χ1) is 34.0. The van der Waals surface area contributed by atoms with Crippen LogP contribution in [0, 0.1) is 0 Å². The van der Waals surface area contributed by atoms with Crippen molar-refractivity contribution in [3.05, 3.63) is 232 Å². The van der Waals surface area contributed by atoms with E-state index < -0.39 is 58.6 Å². The molecule has 70 heavy (non-hydrogen) atoms. The van der Waals surface area contributed by atoms with Gasteiger partial charge < -0.3 is 20.1 Å². The molecule has 1 fully saturated rings. The second-order valence-corrected chi connectivity index (χ2v) is 21.0. The lowest BCUT2D eigenvalue weighted by Crippen LogP contribution is -2.71. The quantitative estimate of drug-likeness (QED) is 0.0314. The average Bonchev–Trinajstić information content (AvgIpc) is 3.86. The van der Waals surface area contributed by atoms with Gasteiger partial charge in [-0.05, 0) is 54.2 Å². The van der Waals surface area contributed by atoms with Crippen LogP contribution >= 0.6 is 35.3 Å². The van der Waals surface area contributed by atoms with E-state index in [1.54, 1.807) is 51.1 Å². The summed E-state index contributed by atoms with van der Waals surface area (Å²) in [6.45, 7) is 5.19. The van der Waals surface area contributed by atoms with E-state index in [0.717, 1.165) is 27.8 Å². The van der Waals surface area contributed by atoms with Crippen molar-refractivity contribution in [3.63, 3.8) is 0 Å². The molecule has 6 aromatic carbocycles. The number of thioether (sulfide) groups is 3. The van der Waals surface area contributed by atoms with Crippen molar-refractivity contribution < 1.29 is 28.7 Å². The van der Waals surface area contributed by atoms with Crippen LogP contribution in [-0.4, -0.2) is 71.6 Å². The number of esters is 1. The summed E-state index contributed by atoms with van der Waals surface area (Å²) in [5.41, 5.74) is 3.53. The van der Waals surface area contributed by atoms with Crippen LogP contribution in [-0.2, 0) is 29.4 Å². The molecule has 12 nitrogen and oxygen atoms in total. The van der Waals surface area contributed by atoms with E-state index in [1.807, 2.05) is 126 Å². The van der Waals surface area contributed by atoms with Crippen molar-refractivity contribution in [3.8, 4) is 0 Å². The van der Waals surface area contributed by atoms with E-state index in [0.29, 0.717) is 26.3 Å². The molecule has 3 heterocycles. The van der Waals surface area contributed by atoms with Gasteiger partial charge in [0.15, 0.2) is 6.10 Å². The molecule has 2 aliphatic heterocycles. The summed E-state index contributed by atoms with van der Waals surface area (Å²) >= 11 is 4.32. The van der Waals surface area contributed by atoms with Gasteiger partial charge in [0.25, 0.3) is 5.91 Å². The summed E-state index contributed by atoms with van der Waals surface area (Å²) in [4.78, 5) is 58.4. The minimum absolute atomic E-state index is 0.119. The monoisotopic (exact) mass is 986 g/mol. The minimum Gasteiger partial charge on any atom is -0.448 e. The second kappa shape index (κ2) is 21.3. The second-order valence-electron chi connectivity index (χ2n) is 17.5. The molecule has 7 aromatic rings. The van der Waals surface area contributed by atoms with Crippen LogP contribution in [0.3, 0.4) is 0 Å². The SMILES string of the molecule is CC(C)(C)OC(=O)NC(C(=O)N[C@@H]1C(=O)N2C(C(=O)OC(c3ccccc3)c3ccccc3)=C(SCSc3cn(C(c4ccccc4)(c4ccccc4)c4ccccc4)nn3)CS[C@H]12)c1ccccc1. The van der Waals surface area contributed by atoms with E-state index in [-0.39, 0.29) is 5.70 Å². The number of rotatable bonds is 16. The predicted molar refractivity (Wildman–Crippen MR) is 274 cm³/mol. The topological polar surface area (TPSA) is 145 Å². The number of fused-ring (bicyclic) bond motifs is 1. The lowest BCUT2D eigenvalue weighted by molar-refractivity contribution is -0.154. The number of aromatic nitrogens is 3. The molecule has 0 aliphatic carbocycles. The number of hydrogen-bond acceptors (Lipinski definition) is 11. The Bertz CT molecular complexity index is 2820. The fourth-order valence-electron chi connectivity index (χ4n) is 8.62. The molecule has 0 bridgehead atoms. The number of hydrogen-bond donors (Lipinski definition) is 2. The third-order valence-corrected chi connectivity index (χ3v) is 15.3. The maximum Gasteiger partial charge on any atom is 0.408 e. The van der Waals surface area contributed by atoms with Gasteiger partial charge in [0.05, 0.1) is 11.3 Å². The van der Waals surface area contributed by atoms with Crippen molar-refractivity contribution in [2.75, 3.05) is 10.8 Å². The molecule has 2 N–H and O–H groups in total. The number of alkyl carbamates (subject to hydrolysis) is 1.